The van der Waals surface area contributed by atoms with Crippen molar-refractivity contribution in [3.63, 3.8) is 0 Å². The summed E-state index contributed by atoms with van der Waals surface area (Å²) >= 11 is 0. The first kappa shape index (κ1) is 10.7. The fourth-order valence-corrected chi connectivity index (χ4v) is 2.11. The van der Waals surface area contributed by atoms with E-state index in [0.717, 1.165) is 18.5 Å². The lowest BCUT2D eigenvalue weighted by molar-refractivity contribution is 0.408. The van der Waals surface area contributed by atoms with Gasteiger partial charge in [-0.2, -0.15) is 15.0 Å². The van der Waals surface area contributed by atoms with Crippen molar-refractivity contribution < 1.29 is 0 Å². The zero-order chi connectivity index (χ0) is 12.5. The largest absolute Gasteiger partial charge is 0.382 e. The van der Waals surface area contributed by atoms with Crippen molar-refractivity contribution in [3.8, 4) is 11.9 Å². The van der Waals surface area contributed by atoms with Crippen molar-refractivity contribution >= 4 is 5.82 Å². The Hall–Kier alpha value is -2.42. The van der Waals surface area contributed by atoms with Crippen LogP contribution in [0.5, 0.6) is 0 Å². The summed E-state index contributed by atoms with van der Waals surface area (Å²) in [6.45, 7) is 0. The van der Waals surface area contributed by atoms with E-state index in [4.69, 9.17) is 5.73 Å². The second kappa shape index (κ2) is 4.11. The number of nitrogens with two attached hydrogens (primary N) is 1. The smallest absolute Gasteiger partial charge is 0.159 e. The van der Waals surface area contributed by atoms with E-state index in [9.17, 15) is 5.26 Å². The highest BCUT2D eigenvalue weighted by molar-refractivity contribution is 5.56. The summed E-state index contributed by atoms with van der Waals surface area (Å²) in [4.78, 5) is 7.96. The van der Waals surface area contributed by atoms with Gasteiger partial charge in [0.1, 0.15) is 23.8 Å². The minimum atomic E-state index is 0.359. The molecule has 1 aliphatic carbocycles. The van der Waals surface area contributed by atoms with Gasteiger partial charge < -0.3 is 5.73 Å². The molecule has 0 aliphatic heterocycles. The highest BCUT2D eigenvalue weighted by Gasteiger charge is 2.28. The van der Waals surface area contributed by atoms with Gasteiger partial charge in [0, 0.05) is 18.2 Å². The molecule has 6 heteroatoms. The molecule has 0 aromatic carbocycles. The third-order valence-corrected chi connectivity index (χ3v) is 3.34. The molecule has 3 rings (SSSR count). The van der Waals surface area contributed by atoms with Gasteiger partial charge in [-0.25, -0.2) is 9.97 Å². The van der Waals surface area contributed by atoms with E-state index in [1.54, 1.807) is 12.3 Å². The molecule has 1 aliphatic rings. The van der Waals surface area contributed by atoms with E-state index in [2.05, 4.69) is 21.1 Å². The van der Waals surface area contributed by atoms with Gasteiger partial charge in [0.15, 0.2) is 5.82 Å². The van der Waals surface area contributed by atoms with Gasteiger partial charge in [-0.3, -0.25) is 0 Å². The molecule has 2 heterocycles. The minimum absolute atomic E-state index is 0.359. The third-order valence-electron chi connectivity index (χ3n) is 3.34. The fraction of sp³-hybridized carbons (Fsp3) is 0.333. The van der Waals surface area contributed by atoms with Gasteiger partial charge in [-0.05, 0) is 12.8 Å². The van der Waals surface area contributed by atoms with Crippen molar-refractivity contribution in [2.75, 3.05) is 5.73 Å². The molecule has 1 saturated carbocycles. The maximum Gasteiger partial charge on any atom is 0.159 e. The van der Waals surface area contributed by atoms with Crippen molar-refractivity contribution in [1.82, 2.24) is 19.7 Å². The van der Waals surface area contributed by atoms with E-state index >= 15 is 0 Å². The maximum absolute atomic E-state index is 9.21. The van der Waals surface area contributed by atoms with Gasteiger partial charge in [0.25, 0.3) is 0 Å². The van der Waals surface area contributed by atoms with Gasteiger partial charge in [0.05, 0.1) is 5.69 Å². The maximum atomic E-state index is 9.21. The summed E-state index contributed by atoms with van der Waals surface area (Å²) in [6.07, 6.45) is 6.41. The van der Waals surface area contributed by atoms with Crippen LogP contribution in [0.2, 0.25) is 0 Å². The molecule has 0 bridgehead atoms. The number of nitriles is 1. The molecule has 0 atom stereocenters. The van der Waals surface area contributed by atoms with Crippen LogP contribution in [-0.4, -0.2) is 19.7 Å². The minimum Gasteiger partial charge on any atom is -0.382 e. The van der Waals surface area contributed by atoms with Gasteiger partial charge in [0.2, 0.25) is 0 Å². The fourth-order valence-electron chi connectivity index (χ4n) is 2.11. The van der Waals surface area contributed by atoms with Crippen LogP contribution < -0.4 is 5.73 Å². The molecule has 2 aromatic heterocycles. The second-order valence-corrected chi connectivity index (χ2v) is 4.36. The Labute approximate surface area is 104 Å². The van der Waals surface area contributed by atoms with E-state index in [1.165, 1.54) is 17.4 Å². The molecule has 90 valence electrons. The van der Waals surface area contributed by atoms with Gasteiger partial charge in [-0.1, -0.05) is 6.42 Å². The quantitative estimate of drug-likeness (QED) is 0.855. The number of rotatable bonds is 2. The summed E-state index contributed by atoms with van der Waals surface area (Å²) in [7, 11) is 0. The number of hydrogen-bond donors (Lipinski definition) is 1. The summed E-state index contributed by atoms with van der Waals surface area (Å²) in [6, 6.07) is 3.87. The SMILES string of the molecule is N#Cc1c(C2CCC2)nn(-c2ccncn2)c1N. The molecule has 18 heavy (non-hydrogen) atoms. The first-order valence-corrected chi connectivity index (χ1v) is 5.86. The van der Waals surface area contributed by atoms with Crippen LogP contribution in [0.1, 0.15) is 36.4 Å². The first-order chi connectivity index (χ1) is 8.81. The molecule has 0 spiro atoms. The number of nitrogen functional groups attached to an aromatic ring is 1. The van der Waals surface area contributed by atoms with Crippen molar-refractivity contribution in [1.29, 1.82) is 5.26 Å². The number of aromatic nitrogens is 4. The van der Waals surface area contributed by atoms with Gasteiger partial charge >= 0.3 is 0 Å². The van der Waals surface area contributed by atoms with Crippen LogP contribution >= 0.6 is 0 Å². The predicted molar refractivity (Wildman–Crippen MR) is 64.9 cm³/mol. The van der Waals surface area contributed by atoms with Crippen LogP contribution in [0.25, 0.3) is 5.82 Å². The molecular weight excluding hydrogens is 228 g/mol. The van der Waals surface area contributed by atoms with E-state index in [-0.39, 0.29) is 0 Å². The molecule has 6 nitrogen and oxygen atoms in total. The summed E-state index contributed by atoms with van der Waals surface area (Å²) in [5.41, 5.74) is 7.27. The molecule has 0 radical (unpaired) electrons. The monoisotopic (exact) mass is 240 g/mol. The van der Waals surface area contributed by atoms with Crippen LogP contribution in [0.4, 0.5) is 5.82 Å². The number of hydrogen-bond acceptors (Lipinski definition) is 5. The summed E-state index contributed by atoms with van der Waals surface area (Å²) in [5, 5.41) is 13.7. The lowest BCUT2D eigenvalue weighted by Crippen LogP contribution is -2.11. The highest BCUT2D eigenvalue weighted by atomic mass is 15.3. The Bertz CT molecular complexity index is 605. The average Bonchev–Trinajstić information content (AvgIpc) is 2.65. The first-order valence-electron chi connectivity index (χ1n) is 5.86. The van der Waals surface area contributed by atoms with Crippen LogP contribution in [-0.2, 0) is 0 Å². The van der Waals surface area contributed by atoms with Crippen molar-refractivity contribution in [3.05, 3.63) is 29.8 Å². The molecule has 2 N–H and O–H groups in total. The zero-order valence-electron chi connectivity index (χ0n) is 9.74. The van der Waals surface area contributed by atoms with E-state index < -0.39 is 0 Å². The van der Waals surface area contributed by atoms with Crippen LogP contribution in [0.3, 0.4) is 0 Å². The Morgan fingerprint density at radius 1 is 1.44 bits per heavy atom. The normalized spacial score (nSPS) is 15.1. The number of nitrogens with zero attached hydrogens (tertiary/aromatic N) is 5. The second-order valence-electron chi connectivity index (χ2n) is 4.36. The number of anilines is 1. The average molecular weight is 240 g/mol. The zero-order valence-corrected chi connectivity index (χ0v) is 9.74. The molecule has 0 amide bonds. The Morgan fingerprint density at radius 2 is 2.28 bits per heavy atom. The Balaban J connectivity index is 2.11. The van der Waals surface area contributed by atoms with Crippen LogP contribution in [0, 0.1) is 11.3 Å². The highest BCUT2D eigenvalue weighted by Crippen LogP contribution is 2.38. The predicted octanol–water partition coefficient (Wildman–Crippen LogP) is 1.38. The third kappa shape index (κ3) is 1.52. The molecule has 0 unspecified atom stereocenters. The summed E-state index contributed by atoms with van der Waals surface area (Å²) in [5.74, 6) is 1.31. The van der Waals surface area contributed by atoms with Crippen molar-refractivity contribution in [2.45, 2.75) is 25.2 Å². The summed E-state index contributed by atoms with van der Waals surface area (Å²) < 4.78 is 1.52. The standard InChI is InChI=1S/C12H12N6/c13-6-9-11(8-2-1-3-8)17-18(12(9)14)10-4-5-15-7-16-10/h4-5,7-8H,1-3,14H2. The van der Waals surface area contributed by atoms with Crippen LogP contribution in [0.15, 0.2) is 18.6 Å². The van der Waals surface area contributed by atoms with Gasteiger partial charge in [-0.15, -0.1) is 0 Å². The lowest BCUT2D eigenvalue weighted by atomic mass is 9.82. The molecule has 1 fully saturated rings. The van der Waals surface area contributed by atoms with E-state index in [0.29, 0.717) is 23.1 Å². The van der Waals surface area contributed by atoms with Crippen molar-refractivity contribution in [2.24, 2.45) is 0 Å². The lowest BCUT2D eigenvalue weighted by Gasteiger charge is -2.23. The topological polar surface area (TPSA) is 93.4 Å². The molecule has 2 aromatic rings. The molecule has 0 saturated heterocycles. The van der Waals surface area contributed by atoms with E-state index in [1.807, 2.05) is 0 Å². The Morgan fingerprint density at radius 3 is 2.83 bits per heavy atom. The Kier molecular flexibility index (Phi) is 2.45. The molecular formula is C12H12N6.